The van der Waals surface area contributed by atoms with Crippen LogP contribution in [0.4, 0.5) is 0 Å². The molecule has 1 rings (SSSR count). The molecule has 0 saturated heterocycles. The van der Waals surface area contributed by atoms with Crippen molar-refractivity contribution < 1.29 is 19.7 Å². The van der Waals surface area contributed by atoms with Gasteiger partial charge in [0.2, 0.25) is 0 Å². The molecule has 0 heterocycles. The Morgan fingerprint density at radius 1 is 0.900 bits per heavy atom. The lowest BCUT2D eigenvalue weighted by Crippen LogP contribution is -2.28. The van der Waals surface area contributed by atoms with Crippen LogP contribution in [0.5, 0.6) is 0 Å². The van der Waals surface area contributed by atoms with E-state index in [0.29, 0.717) is 6.42 Å². The fourth-order valence-corrected chi connectivity index (χ4v) is 2.14. The molecule has 0 amide bonds. The van der Waals surface area contributed by atoms with Gasteiger partial charge in [-0.2, -0.15) is 0 Å². The summed E-state index contributed by atoms with van der Waals surface area (Å²) < 4.78 is 11.2. The average molecular weight is 284 g/mol. The molecule has 0 bridgehead atoms. The van der Waals surface area contributed by atoms with E-state index in [2.05, 4.69) is 0 Å². The Balaban J connectivity index is 2.55. The zero-order chi connectivity index (χ0) is 15.1. The third kappa shape index (κ3) is 4.99. The summed E-state index contributed by atoms with van der Waals surface area (Å²) >= 11 is 0. The lowest BCUT2D eigenvalue weighted by molar-refractivity contribution is -0.0530. The van der Waals surface area contributed by atoms with Gasteiger partial charge < -0.3 is 19.7 Å². The van der Waals surface area contributed by atoms with Crippen LogP contribution in [-0.4, -0.2) is 22.4 Å². The third-order valence-corrected chi connectivity index (χ3v) is 3.93. The van der Waals surface area contributed by atoms with Gasteiger partial charge >= 0.3 is 0 Å². The molecule has 2 N–H and O–H groups in total. The molecular weight excluding hydrogens is 256 g/mol. The van der Waals surface area contributed by atoms with Crippen LogP contribution >= 0.6 is 0 Å². The lowest BCUT2D eigenvalue weighted by Gasteiger charge is -2.29. The second-order valence-electron chi connectivity index (χ2n) is 5.52. The van der Waals surface area contributed by atoms with Crippen molar-refractivity contribution in [2.24, 2.45) is 0 Å². The zero-order valence-electron chi connectivity index (χ0n) is 13.1. The molecule has 1 aliphatic carbocycles. The molecule has 4 nitrogen and oxygen atoms in total. The van der Waals surface area contributed by atoms with Crippen molar-refractivity contribution in [2.75, 3.05) is 0 Å². The van der Waals surface area contributed by atoms with E-state index in [4.69, 9.17) is 9.47 Å². The maximum Gasteiger partial charge on any atom is 0.275 e. The van der Waals surface area contributed by atoms with E-state index in [0.717, 1.165) is 43.3 Å². The summed E-state index contributed by atoms with van der Waals surface area (Å²) in [7, 11) is 0. The third-order valence-electron chi connectivity index (χ3n) is 3.93. The summed E-state index contributed by atoms with van der Waals surface area (Å²) in [6.45, 7) is 7.70. The maximum atomic E-state index is 9.82. The predicted octanol–water partition coefficient (Wildman–Crippen LogP) is 4.73. The monoisotopic (exact) mass is 284 g/mol. The summed E-state index contributed by atoms with van der Waals surface area (Å²) in [4.78, 5) is 0. The SMILES string of the molecule is CC/C(C)=C(\O)OC1CCCC(O/C(O)=C(\C)CC)C1. The summed E-state index contributed by atoms with van der Waals surface area (Å²) in [5.74, 6) is 0.0882. The largest absolute Gasteiger partial charge is 0.481 e. The highest BCUT2D eigenvalue weighted by atomic mass is 16.6. The first-order valence-electron chi connectivity index (χ1n) is 7.58. The molecule has 0 aromatic carbocycles. The van der Waals surface area contributed by atoms with Crippen LogP contribution in [0.25, 0.3) is 0 Å². The van der Waals surface area contributed by atoms with Crippen LogP contribution in [0.3, 0.4) is 0 Å². The number of aliphatic hydroxyl groups excluding tert-OH is 2. The van der Waals surface area contributed by atoms with Gasteiger partial charge in [-0.3, -0.25) is 0 Å². The van der Waals surface area contributed by atoms with E-state index in [1.165, 1.54) is 0 Å². The summed E-state index contributed by atoms with van der Waals surface area (Å²) in [6, 6.07) is 0. The number of hydrogen-bond donors (Lipinski definition) is 2. The molecule has 0 aliphatic heterocycles. The second kappa shape index (κ2) is 8.08. The molecule has 4 heteroatoms. The second-order valence-corrected chi connectivity index (χ2v) is 5.52. The predicted molar refractivity (Wildman–Crippen MR) is 79.5 cm³/mol. The van der Waals surface area contributed by atoms with Crippen molar-refractivity contribution in [3.05, 3.63) is 23.0 Å². The standard InChI is InChI=1S/C16H28O4/c1-5-11(3)15(17)19-13-8-7-9-14(10-13)20-16(18)12(4)6-2/h13-14,17-18H,5-10H2,1-4H3/b15-11+,16-12+. The Morgan fingerprint density at radius 3 is 1.65 bits per heavy atom. The number of hydrogen-bond acceptors (Lipinski definition) is 4. The summed E-state index contributed by atoms with van der Waals surface area (Å²) in [5.41, 5.74) is 1.72. The molecule has 0 aromatic rings. The Labute approximate surface area is 122 Å². The van der Waals surface area contributed by atoms with E-state index in [9.17, 15) is 10.2 Å². The Kier molecular flexibility index (Phi) is 6.76. The average Bonchev–Trinajstić information content (AvgIpc) is 2.45. The van der Waals surface area contributed by atoms with Crippen molar-refractivity contribution in [1.82, 2.24) is 0 Å². The van der Waals surface area contributed by atoms with Crippen molar-refractivity contribution in [2.45, 2.75) is 78.4 Å². The molecule has 116 valence electrons. The molecule has 1 saturated carbocycles. The van der Waals surface area contributed by atoms with Crippen molar-refractivity contribution in [1.29, 1.82) is 0 Å². The molecule has 20 heavy (non-hydrogen) atoms. The van der Waals surface area contributed by atoms with E-state index >= 15 is 0 Å². The number of allylic oxidation sites excluding steroid dienone is 2. The topological polar surface area (TPSA) is 58.9 Å². The fraction of sp³-hybridized carbons (Fsp3) is 0.750. The van der Waals surface area contributed by atoms with Gasteiger partial charge in [0.1, 0.15) is 12.2 Å². The lowest BCUT2D eigenvalue weighted by atomic mass is 9.95. The fourth-order valence-electron chi connectivity index (χ4n) is 2.14. The molecule has 0 spiro atoms. The number of ether oxygens (including phenoxy) is 2. The van der Waals surface area contributed by atoms with Gasteiger partial charge in [0, 0.05) is 17.6 Å². The zero-order valence-corrected chi connectivity index (χ0v) is 13.1. The Morgan fingerprint density at radius 2 is 1.30 bits per heavy atom. The highest BCUT2D eigenvalue weighted by Gasteiger charge is 2.26. The van der Waals surface area contributed by atoms with Crippen LogP contribution in [0.1, 0.15) is 66.2 Å². The van der Waals surface area contributed by atoms with Gasteiger partial charge in [-0.1, -0.05) is 13.8 Å². The van der Waals surface area contributed by atoms with Crippen LogP contribution < -0.4 is 0 Å². The highest BCUT2D eigenvalue weighted by Crippen LogP contribution is 2.27. The Bertz CT molecular complexity index is 337. The summed E-state index contributed by atoms with van der Waals surface area (Å²) in [6.07, 6.45) is 4.98. The highest BCUT2D eigenvalue weighted by molar-refractivity contribution is 4.99. The van der Waals surface area contributed by atoms with Crippen LogP contribution in [-0.2, 0) is 9.47 Å². The van der Waals surface area contributed by atoms with Gasteiger partial charge in [0.15, 0.2) is 0 Å². The van der Waals surface area contributed by atoms with Crippen LogP contribution in [0, 0.1) is 0 Å². The van der Waals surface area contributed by atoms with E-state index in [1.807, 2.05) is 27.7 Å². The van der Waals surface area contributed by atoms with E-state index in [1.54, 1.807) is 0 Å². The van der Waals surface area contributed by atoms with Gasteiger partial charge in [0.25, 0.3) is 11.9 Å². The smallest absolute Gasteiger partial charge is 0.275 e. The molecule has 0 aromatic heterocycles. The van der Waals surface area contributed by atoms with Gasteiger partial charge in [0.05, 0.1) is 0 Å². The molecular formula is C16H28O4. The van der Waals surface area contributed by atoms with E-state index in [-0.39, 0.29) is 24.1 Å². The van der Waals surface area contributed by atoms with Crippen molar-refractivity contribution in [3.8, 4) is 0 Å². The minimum atomic E-state index is -0.0371. The normalized spacial score (nSPS) is 25.6. The van der Waals surface area contributed by atoms with Crippen LogP contribution in [0.2, 0.25) is 0 Å². The quantitative estimate of drug-likeness (QED) is 0.692. The van der Waals surface area contributed by atoms with E-state index < -0.39 is 0 Å². The Hall–Kier alpha value is -1.32. The molecule has 0 radical (unpaired) electrons. The van der Waals surface area contributed by atoms with Crippen LogP contribution in [0.15, 0.2) is 23.0 Å². The minimum Gasteiger partial charge on any atom is -0.481 e. The molecule has 2 atom stereocenters. The molecule has 1 aliphatic rings. The maximum absolute atomic E-state index is 9.82. The number of rotatable bonds is 6. The first-order valence-corrected chi connectivity index (χ1v) is 7.58. The molecule has 2 unspecified atom stereocenters. The van der Waals surface area contributed by atoms with Gasteiger partial charge in [-0.05, 0) is 46.0 Å². The van der Waals surface area contributed by atoms with Crippen molar-refractivity contribution >= 4 is 0 Å². The number of aliphatic hydroxyl groups is 2. The summed E-state index contributed by atoms with van der Waals surface area (Å²) in [5, 5.41) is 19.6. The molecule has 1 fully saturated rings. The van der Waals surface area contributed by atoms with Gasteiger partial charge in [-0.15, -0.1) is 0 Å². The van der Waals surface area contributed by atoms with Gasteiger partial charge in [-0.25, -0.2) is 0 Å². The first-order chi connectivity index (χ1) is 9.47. The minimum absolute atomic E-state index is 0.0371. The first kappa shape index (κ1) is 16.7. The van der Waals surface area contributed by atoms with Crippen molar-refractivity contribution in [3.63, 3.8) is 0 Å².